The van der Waals surface area contributed by atoms with Crippen LogP contribution in [0.1, 0.15) is 5.56 Å². The largest absolute Gasteiger partial charge is 0.495 e. The minimum atomic E-state index is -4.31. The molecule has 4 aromatic rings. The van der Waals surface area contributed by atoms with E-state index < -0.39 is 15.8 Å². The third kappa shape index (κ3) is 3.87. The van der Waals surface area contributed by atoms with Gasteiger partial charge in [0, 0.05) is 25.0 Å². The van der Waals surface area contributed by atoms with Crippen molar-refractivity contribution >= 4 is 32.5 Å². The van der Waals surface area contributed by atoms with Gasteiger partial charge in [-0.3, -0.25) is 9.40 Å². The third-order valence-corrected chi connectivity index (χ3v) is 7.07. The predicted molar refractivity (Wildman–Crippen MR) is 124 cm³/mol. The second kappa shape index (κ2) is 8.65. The number of rotatable bonds is 7. The van der Waals surface area contributed by atoms with E-state index in [1.807, 2.05) is 11.9 Å². The third-order valence-electron chi connectivity index (χ3n) is 5.69. The SMILES string of the molecule is COc1ccc2c(c1S(=O)(=O)Nc1noc3cc(Cn4cccn4)c(F)c(OC)c13)OCCN2C. The molecule has 0 aliphatic carbocycles. The Morgan fingerprint density at radius 3 is 2.80 bits per heavy atom. The fourth-order valence-corrected chi connectivity index (χ4v) is 5.34. The highest BCUT2D eigenvalue weighted by molar-refractivity contribution is 7.93. The van der Waals surface area contributed by atoms with Crippen LogP contribution in [-0.4, -0.2) is 57.8 Å². The summed E-state index contributed by atoms with van der Waals surface area (Å²) in [4.78, 5) is 1.68. The van der Waals surface area contributed by atoms with E-state index in [2.05, 4.69) is 15.0 Å². The predicted octanol–water partition coefficient (Wildman–Crippen LogP) is 2.86. The Kier molecular flexibility index (Phi) is 5.63. The number of sulfonamides is 1. The Bertz CT molecular complexity index is 1500. The standard InChI is InChI=1S/C22H22FN5O6S/c1-27-9-10-33-19-14(27)5-6-15(31-2)21(19)35(29,30)26-22-17-16(34-25-22)11-13(18(23)20(17)32-3)12-28-8-4-7-24-28/h4-8,11H,9-10,12H2,1-3H3,(H,25,26). The van der Waals surface area contributed by atoms with Crippen molar-refractivity contribution in [1.82, 2.24) is 14.9 Å². The van der Waals surface area contributed by atoms with Crippen LogP contribution in [0.25, 0.3) is 11.0 Å². The first-order valence-corrected chi connectivity index (χ1v) is 12.0. The molecule has 35 heavy (non-hydrogen) atoms. The van der Waals surface area contributed by atoms with E-state index >= 15 is 4.39 Å². The first-order valence-electron chi connectivity index (χ1n) is 10.5. The first kappa shape index (κ1) is 22.8. The fourth-order valence-electron chi connectivity index (χ4n) is 4.02. The molecule has 5 rings (SSSR count). The number of hydrogen-bond acceptors (Lipinski definition) is 9. The van der Waals surface area contributed by atoms with Crippen molar-refractivity contribution in [2.45, 2.75) is 11.4 Å². The molecule has 0 amide bonds. The fraction of sp³-hybridized carbons (Fsp3) is 0.273. The maximum absolute atomic E-state index is 15.3. The number of aromatic nitrogens is 3. The molecule has 0 radical (unpaired) electrons. The van der Waals surface area contributed by atoms with Gasteiger partial charge < -0.3 is 23.6 Å². The zero-order chi connectivity index (χ0) is 24.7. The number of benzene rings is 2. The van der Waals surface area contributed by atoms with E-state index in [0.29, 0.717) is 18.8 Å². The molecule has 0 atom stereocenters. The van der Waals surface area contributed by atoms with Crippen molar-refractivity contribution in [3.63, 3.8) is 0 Å². The van der Waals surface area contributed by atoms with Crippen LogP contribution in [0.3, 0.4) is 0 Å². The quantitative estimate of drug-likeness (QED) is 0.406. The van der Waals surface area contributed by atoms with Crippen LogP contribution in [0.5, 0.6) is 17.2 Å². The highest BCUT2D eigenvalue weighted by Gasteiger charge is 2.33. The lowest BCUT2D eigenvalue weighted by Gasteiger charge is -2.29. The number of anilines is 2. The summed E-state index contributed by atoms with van der Waals surface area (Å²) in [5.74, 6) is -0.886. The molecule has 1 aliphatic heterocycles. The Morgan fingerprint density at radius 2 is 2.09 bits per heavy atom. The van der Waals surface area contributed by atoms with E-state index in [9.17, 15) is 8.42 Å². The maximum Gasteiger partial charge on any atom is 0.270 e. The monoisotopic (exact) mass is 503 g/mol. The zero-order valence-corrected chi connectivity index (χ0v) is 19.9. The summed E-state index contributed by atoms with van der Waals surface area (Å²) in [6.45, 7) is 1.01. The summed E-state index contributed by atoms with van der Waals surface area (Å²) in [5, 5.41) is 7.97. The Labute approximate surface area is 200 Å². The molecule has 0 spiro atoms. The molecule has 0 saturated carbocycles. The van der Waals surface area contributed by atoms with Gasteiger partial charge in [-0.1, -0.05) is 5.16 Å². The summed E-state index contributed by atoms with van der Waals surface area (Å²) in [5.41, 5.74) is 0.967. The molecular weight excluding hydrogens is 481 g/mol. The number of methoxy groups -OCH3 is 2. The molecule has 2 aromatic carbocycles. The number of ether oxygens (including phenoxy) is 3. The lowest BCUT2D eigenvalue weighted by atomic mass is 10.1. The van der Waals surface area contributed by atoms with Crippen LogP contribution in [0.2, 0.25) is 0 Å². The summed E-state index contributed by atoms with van der Waals surface area (Å²) in [7, 11) is 0.156. The van der Waals surface area contributed by atoms with Gasteiger partial charge in [0.05, 0.1) is 33.0 Å². The molecule has 13 heteroatoms. The second-order valence-electron chi connectivity index (χ2n) is 7.81. The molecule has 1 aliphatic rings. The van der Waals surface area contributed by atoms with Crippen molar-refractivity contribution in [3.8, 4) is 17.2 Å². The molecule has 0 unspecified atom stereocenters. The van der Waals surface area contributed by atoms with Crippen LogP contribution in [0.4, 0.5) is 15.9 Å². The van der Waals surface area contributed by atoms with Crippen LogP contribution >= 0.6 is 0 Å². The summed E-state index contributed by atoms with van der Waals surface area (Å²) < 4.78 is 68.0. The summed E-state index contributed by atoms with van der Waals surface area (Å²) >= 11 is 0. The van der Waals surface area contributed by atoms with Gasteiger partial charge in [0.25, 0.3) is 10.0 Å². The van der Waals surface area contributed by atoms with E-state index in [-0.39, 0.29) is 51.0 Å². The second-order valence-corrected chi connectivity index (χ2v) is 9.43. The van der Waals surface area contributed by atoms with Crippen LogP contribution in [-0.2, 0) is 16.6 Å². The van der Waals surface area contributed by atoms with Gasteiger partial charge in [0.2, 0.25) is 0 Å². The normalized spacial score (nSPS) is 13.4. The van der Waals surface area contributed by atoms with E-state index in [1.165, 1.54) is 25.0 Å². The molecule has 0 fully saturated rings. The maximum atomic E-state index is 15.3. The Balaban J connectivity index is 1.60. The molecule has 11 nitrogen and oxygen atoms in total. The van der Waals surface area contributed by atoms with Gasteiger partial charge >= 0.3 is 0 Å². The number of halogens is 1. The van der Waals surface area contributed by atoms with E-state index in [4.69, 9.17) is 18.7 Å². The van der Waals surface area contributed by atoms with Crippen molar-refractivity contribution in [2.75, 3.05) is 44.0 Å². The average molecular weight is 504 g/mol. The van der Waals surface area contributed by atoms with Gasteiger partial charge in [-0.25, -0.2) is 12.8 Å². The van der Waals surface area contributed by atoms with Gasteiger partial charge in [0.1, 0.15) is 17.7 Å². The highest BCUT2D eigenvalue weighted by Crippen LogP contribution is 2.44. The van der Waals surface area contributed by atoms with E-state index in [1.54, 1.807) is 30.6 Å². The van der Waals surface area contributed by atoms with Crippen LogP contribution in [0.15, 0.2) is 46.1 Å². The molecule has 2 aromatic heterocycles. The topological polar surface area (TPSA) is 121 Å². The minimum absolute atomic E-state index is 0.0413. The highest BCUT2D eigenvalue weighted by atomic mass is 32.2. The number of hydrogen-bond donors (Lipinski definition) is 1. The van der Waals surface area contributed by atoms with Crippen molar-refractivity contribution in [1.29, 1.82) is 0 Å². The van der Waals surface area contributed by atoms with Crippen LogP contribution in [0, 0.1) is 5.82 Å². The van der Waals surface area contributed by atoms with Gasteiger partial charge in [0.15, 0.2) is 33.6 Å². The van der Waals surface area contributed by atoms with Crippen molar-refractivity contribution in [2.24, 2.45) is 0 Å². The lowest BCUT2D eigenvalue weighted by molar-refractivity contribution is 0.297. The molecule has 1 N–H and O–H groups in total. The number of nitrogens with one attached hydrogen (secondary N) is 1. The first-order chi connectivity index (χ1) is 16.8. The van der Waals surface area contributed by atoms with Crippen molar-refractivity contribution < 1.29 is 31.5 Å². The molecule has 0 bridgehead atoms. The Hall–Kier alpha value is -4.00. The summed E-state index contributed by atoms with van der Waals surface area (Å²) in [6.07, 6.45) is 3.26. The molecule has 184 valence electrons. The zero-order valence-electron chi connectivity index (χ0n) is 19.1. The Morgan fingerprint density at radius 1 is 1.26 bits per heavy atom. The number of fused-ring (bicyclic) bond motifs is 2. The average Bonchev–Trinajstić information content (AvgIpc) is 3.49. The number of likely N-dealkylation sites (N-methyl/N-ethyl adjacent to an activating group) is 1. The molecule has 0 saturated heterocycles. The van der Waals surface area contributed by atoms with Crippen LogP contribution < -0.4 is 23.8 Å². The van der Waals surface area contributed by atoms with Gasteiger partial charge in [-0.2, -0.15) is 5.10 Å². The minimum Gasteiger partial charge on any atom is -0.495 e. The smallest absolute Gasteiger partial charge is 0.270 e. The lowest BCUT2D eigenvalue weighted by Crippen LogP contribution is -2.30. The van der Waals surface area contributed by atoms with Gasteiger partial charge in [-0.05, 0) is 24.3 Å². The summed E-state index contributed by atoms with van der Waals surface area (Å²) in [6, 6.07) is 6.41. The number of nitrogens with zero attached hydrogens (tertiary/aromatic N) is 4. The van der Waals surface area contributed by atoms with Gasteiger partial charge in [-0.15, -0.1) is 0 Å². The van der Waals surface area contributed by atoms with E-state index in [0.717, 1.165) is 0 Å². The van der Waals surface area contributed by atoms with Crippen molar-refractivity contribution in [3.05, 3.63) is 48.0 Å². The molecular formula is C22H22FN5O6S. The molecule has 3 heterocycles.